The number of halogens is 2. The van der Waals surface area contributed by atoms with E-state index in [1.165, 1.54) is 12.1 Å². The number of sulfone groups is 1. The molecule has 4 rings (SSSR count). The normalized spacial score (nSPS) is 17.8. The Labute approximate surface area is 207 Å². The van der Waals surface area contributed by atoms with Crippen LogP contribution in [0.3, 0.4) is 0 Å². The third kappa shape index (κ3) is 4.81. The second-order valence-corrected chi connectivity index (χ2v) is 11.5. The molecule has 1 aliphatic heterocycles. The van der Waals surface area contributed by atoms with Gasteiger partial charge >= 0.3 is 0 Å². The number of hydrogen-bond acceptors (Lipinski definition) is 8. The van der Waals surface area contributed by atoms with E-state index in [1.807, 2.05) is 13.8 Å². The van der Waals surface area contributed by atoms with Crippen LogP contribution >= 0.6 is 11.6 Å². The fourth-order valence-corrected chi connectivity index (χ4v) is 5.68. The molecule has 12 heteroatoms. The van der Waals surface area contributed by atoms with Crippen LogP contribution in [0.4, 0.5) is 15.8 Å². The smallest absolute Gasteiger partial charge is 0.250 e. The van der Waals surface area contributed by atoms with E-state index in [9.17, 15) is 13.2 Å². The maximum atomic E-state index is 15.3. The van der Waals surface area contributed by atoms with E-state index in [0.717, 1.165) is 17.4 Å². The summed E-state index contributed by atoms with van der Waals surface area (Å²) in [5.41, 5.74) is 11.1. The van der Waals surface area contributed by atoms with E-state index < -0.39 is 38.8 Å². The minimum absolute atomic E-state index is 0.0799. The molecule has 35 heavy (non-hydrogen) atoms. The molecule has 1 aromatic heterocycles. The molecule has 2 heterocycles. The molecular formula is C23H25ClFN5O4S. The first-order chi connectivity index (χ1) is 16.4. The third-order valence-electron chi connectivity index (χ3n) is 5.87. The van der Waals surface area contributed by atoms with Crippen LogP contribution in [0.2, 0.25) is 5.02 Å². The van der Waals surface area contributed by atoms with E-state index in [1.54, 1.807) is 18.2 Å². The van der Waals surface area contributed by atoms with Crippen molar-refractivity contribution in [1.82, 2.24) is 10.2 Å². The first-order valence-electron chi connectivity index (χ1n) is 10.9. The Bertz CT molecular complexity index is 1390. The average Bonchev–Trinajstić information content (AvgIpc) is 3.27. The molecule has 3 aromatic rings. The third-order valence-corrected chi connectivity index (χ3v) is 7.90. The lowest BCUT2D eigenvalue weighted by atomic mass is 9.88. The van der Waals surface area contributed by atoms with Gasteiger partial charge in [0.15, 0.2) is 9.84 Å². The minimum Gasteiger partial charge on any atom is -0.420 e. The van der Waals surface area contributed by atoms with Crippen LogP contribution in [0.15, 0.2) is 45.7 Å². The van der Waals surface area contributed by atoms with Gasteiger partial charge in [-0.1, -0.05) is 31.5 Å². The summed E-state index contributed by atoms with van der Waals surface area (Å²) >= 11 is 6.12. The van der Waals surface area contributed by atoms with E-state index >= 15 is 4.39 Å². The molecule has 2 aromatic carbocycles. The highest BCUT2D eigenvalue weighted by Crippen LogP contribution is 2.40. The van der Waals surface area contributed by atoms with Crippen molar-refractivity contribution < 1.29 is 22.0 Å². The summed E-state index contributed by atoms with van der Waals surface area (Å²) in [6.07, 6.45) is 1.40. The molecule has 186 valence electrons. The summed E-state index contributed by atoms with van der Waals surface area (Å²) in [7, 11) is -4.10. The number of carbonyl (C=O) groups is 1. The summed E-state index contributed by atoms with van der Waals surface area (Å²) in [4.78, 5) is 14.0. The summed E-state index contributed by atoms with van der Waals surface area (Å²) in [5.74, 6) is -2.11. The largest absolute Gasteiger partial charge is 0.420 e. The lowest BCUT2D eigenvalue weighted by Crippen LogP contribution is -2.43. The zero-order chi connectivity index (χ0) is 25.5. The molecule has 4 N–H and O–H groups in total. The summed E-state index contributed by atoms with van der Waals surface area (Å²) in [6, 6.07) is 6.97. The average molecular weight is 522 g/mol. The van der Waals surface area contributed by atoms with Gasteiger partial charge < -0.3 is 15.9 Å². The molecule has 0 fully saturated rings. The van der Waals surface area contributed by atoms with Gasteiger partial charge in [-0.05, 0) is 49.7 Å². The van der Waals surface area contributed by atoms with Gasteiger partial charge in [0, 0.05) is 10.4 Å². The van der Waals surface area contributed by atoms with Crippen LogP contribution in [0.25, 0.3) is 11.5 Å². The molecule has 1 aliphatic rings. The maximum absolute atomic E-state index is 15.3. The molecule has 9 nitrogen and oxygen atoms in total. The van der Waals surface area contributed by atoms with Crippen LogP contribution in [-0.2, 0) is 20.0 Å². The predicted octanol–water partition coefficient (Wildman–Crippen LogP) is 3.32. The predicted molar refractivity (Wildman–Crippen MR) is 130 cm³/mol. The van der Waals surface area contributed by atoms with Gasteiger partial charge in [0.25, 0.3) is 5.89 Å². The zero-order valence-corrected chi connectivity index (χ0v) is 20.7. The molecule has 0 aliphatic carbocycles. The van der Waals surface area contributed by atoms with E-state index in [-0.39, 0.29) is 33.6 Å². The van der Waals surface area contributed by atoms with Gasteiger partial charge in [-0.25, -0.2) is 12.8 Å². The fraction of sp³-hybridized carbons (Fsp3) is 0.348. The zero-order valence-electron chi connectivity index (χ0n) is 19.2. The number of amides is 1. The number of aromatic nitrogens is 2. The van der Waals surface area contributed by atoms with Gasteiger partial charge in [-0.2, -0.15) is 0 Å². The number of nitrogens with zero attached hydrogens (tertiary/aromatic N) is 3. The lowest BCUT2D eigenvalue weighted by molar-refractivity contribution is -0.118. The van der Waals surface area contributed by atoms with Gasteiger partial charge in [-0.3, -0.25) is 9.69 Å². The lowest BCUT2D eigenvalue weighted by Gasteiger charge is -2.24. The molecule has 0 spiro atoms. The number of fused-ring (bicyclic) bond motifs is 1. The molecule has 0 saturated heterocycles. The van der Waals surface area contributed by atoms with Gasteiger partial charge in [0.05, 0.1) is 33.6 Å². The Morgan fingerprint density at radius 3 is 2.69 bits per heavy atom. The van der Waals surface area contributed by atoms with E-state index in [2.05, 4.69) is 10.2 Å². The molecule has 0 bridgehead atoms. The topological polar surface area (TPSA) is 145 Å². The Morgan fingerprint density at radius 1 is 1.26 bits per heavy atom. The highest BCUT2D eigenvalue weighted by molar-refractivity contribution is 7.91. The van der Waals surface area contributed by atoms with Crippen molar-refractivity contribution >= 4 is 38.7 Å². The van der Waals surface area contributed by atoms with Crippen LogP contribution < -0.4 is 16.4 Å². The first kappa shape index (κ1) is 25.2. The number of rotatable bonds is 6. The summed E-state index contributed by atoms with van der Waals surface area (Å²) < 4.78 is 47.1. The molecule has 0 unspecified atom stereocenters. The van der Waals surface area contributed by atoms with Crippen LogP contribution in [0, 0.1) is 5.82 Å². The van der Waals surface area contributed by atoms with Crippen molar-refractivity contribution in [2.24, 2.45) is 11.5 Å². The van der Waals surface area contributed by atoms with Gasteiger partial charge in [0.1, 0.15) is 5.82 Å². The molecular weight excluding hydrogens is 497 g/mol. The number of benzene rings is 2. The highest BCUT2D eigenvalue weighted by atomic mass is 35.5. The van der Waals surface area contributed by atoms with E-state index in [0.29, 0.717) is 18.0 Å². The van der Waals surface area contributed by atoms with Crippen LogP contribution in [0.1, 0.15) is 32.6 Å². The number of carbonyl (C=O) groups excluding carboxylic acids is 1. The van der Waals surface area contributed by atoms with Crippen LogP contribution in [-0.4, -0.2) is 42.9 Å². The molecule has 1 atom stereocenters. The van der Waals surface area contributed by atoms with E-state index in [4.69, 9.17) is 27.5 Å². The fourth-order valence-electron chi connectivity index (χ4n) is 3.95. The van der Waals surface area contributed by atoms with Crippen molar-refractivity contribution in [2.75, 3.05) is 17.2 Å². The van der Waals surface area contributed by atoms with Crippen molar-refractivity contribution in [2.45, 2.75) is 43.0 Å². The summed E-state index contributed by atoms with van der Waals surface area (Å²) in [5, 5.41) is 8.38. The Morgan fingerprint density at radius 2 is 2.00 bits per heavy atom. The second kappa shape index (κ2) is 9.30. The Kier molecular flexibility index (Phi) is 6.71. The second-order valence-electron chi connectivity index (χ2n) is 9.03. The molecule has 0 radical (unpaired) electrons. The van der Waals surface area contributed by atoms with Gasteiger partial charge in [-0.15, -0.1) is 10.2 Å². The Balaban J connectivity index is 1.90. The number of hydrogen-bond donors (Lipinski definition) is 2. The highest BCUT2D eigenvalue weighted by Gasteiger charge is 2.38. The number of anilines is 2. The first-order valence-corrected chi connectivity index (χ1v) is 12.9. The van der Waals surface area contributed by atoms with Gasteiger partial charge in [0.2, 0.25) is 11.8 Å². The van der Waals surface area contributed by atoms with Crippen LogP contribution in [0.5, 0.6) is 0 Å². The standard InChI is InChI=1S/C23H25ClFN5O4S/c1-23(2,7-4-8-26)22-29-28-20(34-22)15-10-18-19(11-16(15)25)35(32,33)12-17(27)21(31)30(18)14-6-3-5-13(24)9-14/h3,5-6,9-11,17H,4,7-8,12,26-27H2,1-2H3/t17-/m0/s1. The quantitative estimate of drug-likeness (QED) is 0.502. The van der Waals surface area contributed by atoms with Crippen molar-refractivity contribution in [3.8, 4) is 11.5 Å². The Hall–Kier alpha value is -2.86. The minimum atomic E-state index is -4.10. The molecule has 0 saturated carbocycles. The van der Waals surface area contributed by atoms with Crippen molar-refractivity contribution in [3.63, 3.8) is 0 Å². The van der Waals surface area contributed by atoms with Crippen molar-refractivity contribution in [3.05, 3.63) is 53.1 Å². The maximum Gasteiger partial charge on any atom is 0.250 e. The number of nitrogens with two attached hydrogens (primary N) is 2. The molecule has 1 amide bonds. The van der Waals surface area contributed by atoms with Crippen molar-refractivity contribution in [1.29, 1.82) is 0 Å². The monoisotopic (exact) mass is 521 g/mol. The SMILES string of the molecule is CC(C)(CCCN)c1nnc(-c2cc3c(cc2F)S(=O)(=O)C[C@H](N)C(=O)N3c2cccc(Cl)c2)o1. The summed E-state index contributed by atoms with van der Waals surface area (Å²) in [6.45, 7) is 4.30.